The number of nitrogens with zero attached hydrogens (tertiary/aromatic N) is 3. The molecule has 0 radical (unpaired) electrons. The van der Waals surface area contributed by atoms with Gasteiger partial charge in [0.25, 0.3) is 5.91 Å². The monoisotopic (exact) mass is 509 g/mol. The van der Waals surface area contributed by atoms with Crippen molar-refractivity contribution in [2.45, 2.75) is 52.1 Å². The maximum atomic E-state index is 15.5. The second-order valence-corrected chi connectivity index (χ2v) is 10.1. The number of aromatic nitrogens is 3. The maximum Gasteiger partial charge on any atom is 0.255 e. The molecule has 0 bridgehead atoms. The molecule has 2 N–H and O–H groups in total. The smallest absolute Gasteiger partial charge is 0.255 e. The number of H-pyrrole nitrogens is 1. The molecular formula is C27H32FN5O4. The van der Waals surface area contributed by atoms with E-state index in [1.54, 1.807) is 30.9 Å². The molecule has 2 aromatic heterocycles. The number of fused-ring (bicyclic) bond motifs is 1. The summed E-state index contributed by atoms with van der Waals surface area (Å²) in [6.07, 6.45) is 4.22. The van der Waals surface area contributed by atoms with E-state index in [9.17, 15) is 9.59 Å². The number of carbonyl (C=O) groups is 2. The second kappa shape index (κ2) is 10.1. The van der Waals surface area contributed by atoms with Gasteiger partial charge in [0.1, 0.15) is 35.7 Å². The van der Waals surface area contributed by atoms with Crippen LogP contribution in [0.4, 0.5) is 4.39 Å². The van der Waals surface area contributed by atoms with Crippen molar-refractivity contribution < 1.29 is 23.5 Å². The summed E-state index contributed by atoms with van der Waals surface area (Å²) >= 11 is 0. The number of nitrogens with one attached hydrogen (secondary N) is 2. The van der Waals surface area contributed by atoms with Crippen molar-refractivity contribution in [2.24, 2.45) is 5.92 Å². The van der Waals surface area contributed by atoms with Crippen LogP contribution in [0.2, 0.25) is 0 Å². The molecule has 9 nitrogen and oxygen atoms in total. The summed E-state index contributed by atoms with van der Waals surface area (Å²) in [6.45, 7) is 6.38. The number of hydrogen-bond acceptors (Lipinski definition) is 6. The van der Waals surface area contributed by atoms with E-state index in [0.717, 1.165) is 12.8 Å². The molecule has 2 atom stereocenters. The zero-order chi connectivity index (χ0) is 26.3. The molecule has 0 spiro atoms. The van der Waals surface area contributed by atoms with E-state index in [-0.39, 0.29) is 36.1 Å². The fourth-order valence-electron chi connectivity index (χ4n) is 5.03. The van der Waals surface area contributed by atoms with Gasteiger partial charge in [0.2, 0.25) is 5.91 Å². The van der Waals surface area contributed by atoms with Crippen molar-refractivity contribution in [3.05, 3.63) is 41.1 Å². The predicted molar refractivity (Wildman–Crippen MR) is 136 cm³/mol. The van der Waals surface area contributed by atoms with Crippen LogP contribution in [0.15, 0.2) is 18.5 Å². The number of amides is 2. The maximum absolute atomic E-state index is 15.5. The summed E-state index contributed by atoms with van der Waals surface area (Å²) in [4.78, 5) is 39.4. The molecular weight excluding hydrogens is 477 g/mol. The van der Waals surface area contributed by atoms with Crippen molar-refractivity contribution in [2.75, 3.05) is 26.9 Å². The lowest BCUT2D eigenvalue weighted by Crippen LogP contribution is -2.40. The topological polar surface area (TPSA) is 109 Å². The van der Waals surface area contributed by atoms with E-state index in [4.69, 9.17) is 9.47 Å². The number of aryl methyl sites for hydroxylation is 2. The lowest BCUT2D eigenvalue weighted by Gasteiger charge is -2.20. The highest BCUT2D eigenvalue weighted by Crippen LogP contribution is 2.39. The molecule has 2 aliphatic rings. The van der Waals surface area contributed by atoms with Crippen LogP contribution >= 0.6 is 0 Å². The molecule has 1 aromatic carbocycles. The number of halogens is 1. The van der Waals surface area contributed by atoms with Crippen LogP contribution in [-0.4, -0.2) is 70.6 Å². The first-order chi connectivity index (χ1) is 17.8. The number of methoxy groups -OCH3 is 1. The molecule has 3 heterocycles. The Bertz CT molecular complexity index is 1350. The first-order valence-electron chi connectivity index (χ1n) is 12.6. The largest absolute Gasteiger partial charge is 0.492 e. The van der Waals surface area contributed by atoms with Crippen LogP contribution in [0, 0.1) is 25.6 Å². The predicted octanol–water partition coefficient (Wildman–Crippen LogP) is 3.54. The Labute approximate surface area is 214 Å². The van der Waals surface area contributed by atoms with Crippen LogP contribution < -0.4 is 10.1 Å². The third-order valence-electron chi connectivity index (χ3n) is 7.20. The quantitative estimate of drug-likeness (QED) is 0.481. The Balaban J connectivity index is 1.46. The lowest BCUT2D eigenvalue weighted by molar-refractivity contribution is -0.135. The van der Waals surface area contributed by atoms with Gasteiger partial charge in [-0.05, 0) is 57.6 Å². The summed E-state index contributed by atoms with van der Waals surface area (Å²) in [5.41, 5.74) is 2.95. The summed E-state index contributed by atoms with van der Waals surface area (Å²) in [7, 11) is 1.48. The summed E-state index contributed by atoms with van der Waals surface area (Å²) in [5.74, 6) is 0.111. The highest BCUT2D eigenvalue weighted by Gasteiger charge is 2.34. The third kappa shape index (κ3) is 4.90. The first-order valence-corrected chi connectivity index (χ1v) is 12.6. The summed E-state index contributed by atoms with van der Waals surface area (Å²) < 4.78 is 26.4. The minimum atomic E-state index is -0.410. The van der Waals surface area contributed by atoms with Crippen LogP contribution in [0.1, 0.15) is 47.8 Å². The number of hydrogen-bond donors (Lipinski definition) is 2. The Morgan fingerprint density at radius 3 is 2.76 bits per heavy atom. The Morgan fingerprint density at radius 2 is 2.03 bits per heavy atom. The van der Waals surface area contributed by atoms with Gasteiger partial charge in [-0.3, -0.25) is 9.59 Å². The van der Waals surface area contributed by atoms with Gasteiger partial charge in [-0.15, -0.1) is 0 Å². The Hall–Kier alpha value is -3.53. The minimum Gasteiger partial charge on any atom is -0.492 e. The summed E-state index contributed by atoms with van der Waals surface area (Å²) in [5, 5.41) is 3.05. The highest BCUT2D eigenvalue weighted by atomic mass is 19.1. The van der Waals surface area contributed by atoms with Gasteiger partial charge >= 0.3 is 0 Å². The van der Waals surface area contributed by atoms with Crippen molar-refractivity contribution in [1.82, 2.24) is 25.2 Å². The van der Waals surface area contributed by atoms with Crippen LogP contribution in [-0.2, 0) is 9.53 Å². The third-order valence-corrected chi connectivity index (χ3v) is 7.20. The van der Waals surface area contributed by atoms with E-state index in [2.05, 4.69) is 20.3 Å². The zero-order valence-corrected chi connectivity index (χ0v) is 21.6. The van der Waals surface area contributed by atoms with Gasteiger partial charge in [0, 0.05) is 31.4 Å². The molecule has 10 heteroatoms. The highest BCUT2D eigenvalue weighted by molar-refractivity contribution is 6.09. The SMILES string of the molecule is COCC(=O)N1C[C@H](NC(=O)c2c(C)[nH]c3c(-c4c(OCC5CC5)ccc(C)c4F)ncnc23)C[C@@H]1C. The Kier molecular flexibility index (Phi) is 6.85. The molecule has 1 aliphatic carbocycles. The molecule has 0 unspecified atom stereocenters. The van der Waals surface area contributed by atoms with Crippen molar-refractivity contribution in [3.63, 3.8) is 0 Å². The molecule has 1 aliphatic heterocycles. The number of rotatable bonds is 8. The van der Waals surface area contributed by atoms with Gasteiger partial charge < -0.3 is 24.7 Å². The van der Waals surface area contributed by atoms with Crippen LogP contribution in [0.3, 0.4) is 0 Å². The van der Waals surface area contributed by atoms with Gasteiger partial charge in [-0.2, -0.15) is 0 Å². The first kappa shape index (κ1) is 25.1. The number of likely N-dealkylation sites (tertiary alicyclic amines) is 1. The lowest BCUT2D eigenvalue weighted by atomic mass is 10.0. The van der Waals surface area contributed by atoms with Crippen molar-refractivity contribution in [3.8, 4) is 17.0 Å². The van der Waals surface area contributed by atoms with Gasteiger partial charge in [-0.25, -0.2) is 14.4 Å². The molecule has 1 saturated heterocycles. The molecule has 1 saturated carbocycles. The average molecular weight is 510 g/mol. The number of aromatic amines is 1. The van der Waals surface area contributed by atoms with E-state index >= 15 is 4.39 Å². The average Bonchev–Trinajstić information content (AvgIpc) is 3.52. The van der Waals surface area contributed by atoms with E-state index < -0.39 is 5.82 Å². The van der Waals surface area contributed by atoms with Crippen LogP contribution in [0.25, 0.3) is 22.3 Å². The van der Waals surface area contributed by atoms with Crippen molar-refractivity contribution in [1.29, 1.82) is 0 Å². The molecule has 2 amide bonds. The van der Waals surface area contributed by atoms with Crippen molar-refractivity contribution >= 4 is 22.8 Å². The van der Waals surface area contributed by atoms with E-state index in [1.165, 1.54) is 13.4 Å². The van der Waals surface area contributed by atoms with E-state index in [0.29, 0.717) is 64.8 Å². The molecule has 37 heavy (non-hydrogen) atoms. The van der Waals surface area contributed by atoms with Crippen LogP contribution in [0.5, 0.6) is 5.75 Å². The number of carbonyl (C=O) groups excluding carboxylic acids is 2. The zero-order valence-electron chi connectivity index (χ0n) is 21.6. The normalized spacial score (nSPS) is 19.4. The minimum absolute atomic E-state index is 0.00807. The molecule has 2 fully saturated rings. The fraction of sp³-hybridized carbons (Fsp3) is 0.481. The Morgan fingerprint density at radius 1 is 1.24 bits per heavy atom. The standard InChI is InChI=1S/C27H32FN5O4/c1-14-5-8-19(37-11-17-6-7-17)22(23(14)28)25-26-24(29-13-30-25)21(16(3)31-26)27(35)32-18-9-15(2)33(10-18)20(34)12-36-4/h5,8,13,15,17-18,31H,6-7,9-12H2,1-4H3,(H,32,35)/t15-,18+/m0/s1. The van der Waals surface area contributed by atoms with Gasteiger partial charge in [0.05, 0.1) is 23.3 Å². The van der Waals surface area contributed by atoms with E-state index in [1.807, 2.05) is 6.92 Å². The second-order valence-electron chi connectivity index (χ2n) is 10.1. The molecule has 5 rings (SSSR count). The molecule has 3 aromatic rings. The van der Waals surface area contributed by atoms with Gasteiger partial charge in [-0.1, -0.05) is 6.07 Å². The van der Waals surface area contributed by atoms with Gasteiger partial charge in [0.15, 0.2) is 0 Å². The number of benzene rings is 1. The summed E-state index contributed by atoms with van der Waals surface area (Å²) in [6, 6.07) is 3.25. The number of ether oxygens (including phenoxy) is 2. The molecule has 196 valence electrons. The fourth-order valence-corrected chi connectivity index (χ4v) is 5.03.